The predicted octanol–water partition coefficient (Wildman–Crippen LogP) is 1.05. The molecular weight excluding hydrogens is 235 g/mol. The first-order valence-electron chi connectivity index (χ1n) is 5.79. The van der Waals surface area contributed by atoms with Gasteiger partial charge in [-0.2, -0.15) is 0 Å². The van der Waals surface area contributed by atoms with Crippen LogP contribution in [0.3, 0.4) is 0 Å². The molecule has 1 rings (SSSR count). The number of methoxy groups -OCH3 is 1. The van der Waals surface area contributed by atoms with Crippen molar-refractivity contribution in [1.29, 1.82) is 0 Å². The Labute approximate surface area is 107 Å². The molecule has 18 heavy (non-hydrogen) atoms. The van der Waals surface area contributed by atoms with Gasteiger partial charge in [0, 0.05) is 13.6 Å². The fourth-order valence-corrected chi connectivity index (χ4v) is 1.57. The normalized spacial score (nSPS) is 10.2. The molecule has 0 aliphatic rings. The maximum atomic E-state index is 13.4. The number of benzene rings is 1. The second kappa shape index (κ2) is 6.96. The molecule has 0 aromatic heterocycles. The summed E-state index contributed by atoms with van der Waals surface area (Å²) in [6.07, 6.45) is 0.618. The molecule has 0 atom stereocenters. The molecule has 0 saturated heterocycles. The number of hydrogen-bond acceptors (Lipinski definition) is 3. The molecule has 0 aliphatic heterocycles. The van der Waals surface area contributed by atoms with Gasteiger partial charge in [-0.25, -0.2) is 4.39 Å². The summed E-state index contributed by atoms with van der Waals surface area (Å²) in [5, 5.41) is 2.80. The number of hydrogen-bond donors (Lipinski definition) is 1. The molecular formula is C13H19FN2O2. The summed E-state index contributed by atoms with van der Waals surface area (Å²) in [6, 6.07) is 4.84. The molecule has 0 fully saturated rings. The lowest BCUT2D eigenvalue weighted by Crippen LogP contribution is -2.35. The number of halogens is 1. The van der Waals surface area contributed by atoms with Crippen LogP contribution in [0.1, 0.15) is 5.56 Å². The number of amides is 1. The van der Waals surface area contributed by atoms with Crippen molar-refractivity contribution in [2.24, 2.45) is 0 Å². The van der Waals surface area contributed by atoms with Crippen molar-refractivity contribution in [2.45, 2.75) is 6.42 Å². The molecule has 1 aromatic carbocycles. The van der Waals surface area contributed by atoms with Crippen molar-refractivity contribution >= 4 is 5.91 Å². The fourth-order valence-electron chi connectivity index (χ4n) is 1.57. The maximum Gasteiger partial charge on any atom is 0.236 e. The first-order chi connectivity index (χ1) is 8.58. The summed E-state index contributed by atoms with van der Waals surface area (Å²) in [5.41, 5.74) is 0.845. The number of ether oxygens (including phenoxy) is 1. The average molecular weight is 254 g/mol. The highest BCUT2D eigenvalue weighted by atomic mass is 19.1. The summed E-state index contributed by atoms with van der Waals surface area (Å²) in [5.74, 6) is -0.121. The number of carbonyl (C=O) groups excluding carboxylic acids is 1. The quantitative estimate of drug-likeness (QED) is 0.825. The van der Waals surface area contributed by atoms with Gasteiger partial charge in [0.1, 0.15) is 0 Å². The SMILES string of the molecule is CNCC(=O)N(C)CCc1ccc(OC)c(F)c1. The molecule has 0 saturated carbocycles. The van der Waals surface area contributed by atoms with Gasteiger partial charge in [-0.1, -0.05) is 6.07 Å². The minimum atomic E-state index is -0.376. The largest absolute Gasteiger partial charge is 0.494 e. The van der Waals surface area contributed by atoms with Gasteiger partial charge in [0.25, 0.3) is 0 Å². The summed E-state index contributed by atoms with van der Waals surface area (Å²) in [6.45, 7) is 0.875. The number of carbonyl (C=O) groups is 1. The van der Waals surface area contributed by atoms with E-state index >= 15 is 0 Å². The van der Waals surface area contributed by atoms with E-state index in [-0.39, 0.29) is 17.5 Å². The van der Waals surface area contributed by atoms with Crippen LogP contribution in [0.2, 0.25) is 0 Å². The Morgan fingerprint density at radius 1 is 1.50 bits per heavy atom. The number of nitrogens with zero attached hydrogens (tertiary/aromatic N) is 1. The highest BCUT2D eigenvalue weighted by Gasteiger charge is 2.08. The van der Waals surface area contributed by atoms with Gasteiger partial charge >= 0.3 is 0 Å². The highest BCUT2D eigenvalue weighted by molar-refractivity contribution is 5.77. The molecule has 0 aliphatic carbocycles. The van der Waals surface area contributed by atoms with Gasteiger partial charge in [-0.05, 0) is 31.2 Å². The van der Waals surface area contributed by atoms with Crippen LogP contribution in [0, 0.1) is 5.82 Å². The van der Waals surface area contributed by atoms with Gasteiger partial charge in [0.2, 0.25) is 5.91 Å². The van der Waals surface area contributed by atoms with E-state index in [4.69, 9.17) is 4.74 Å². The molecule has 1 amide bonds. The molecule has 1 aromatic rings. The van der Waals surface area contributed by atoms with E-state index in [1.54, 1.807) is 31.1 Å². The van der Waals surface area contributed by atoms with Gasteiger partial charge in [-0.15, -0.1) is 0 Å². The third-order valence-corrected chi connectivity index (χ3v) is 2.71. The van der Waals surface area contributed by atoms with E-state index < -0.39 is 0 Å². The Bertz CT molecular complexity index is 410. The standard InChI is InChI=1S/C13H19FN2O2/c1-15-9-13(17)16(2)7-6-10-4-5-12(18-3)11(14)8-10/h4-5,8,15H,6-7,9H2,1-3H3. The van der Waals surface area contributed by atoms with Crippen LogP contribution in [0.15, 0.2) is 18.2 Å². The molecule has 4 nitrogen and oxygen atoms in total. The van der Waals surface area contributed by atoms with Crippen molar-refractivity contribution < 1.29 is 13.9 Å². The third-order valence-electron chi connectivity index (χ3n) is 2.71. The van der Waals surface area contributed by atoms with Gasteiger partial charge < -0.3 is 15.0 Å². The molecule has 0 heterocycles. The van der Waals surface area contributed by atoms with E-state index in [1.165, 1.54) is 13.2 Å². The molecule has 1 N–H and O–H groups in total. The molecule has 0 spiro atoms. The molecule has 0 radical (unpaired) electrons. The highest BCUT2D eigenvalue weighted by Crippen LogP contribution is 2.17. The second-order valence-corrected chi connectivity index (χ2v) is 4.06. The van der Waals surface area contributed by atoms with E-state index in [9.17, 15) is 9.18 Å². The first kappa shape index (κ1) is 14.4. The Morgan fingerprint density at radius 2 is 2.22 bits per heavy atom. The van der Waals surface area contributed by atoms with Gasteiger partial charge in [0.05, 0.1) is 13.7 Å². The van der Waals surface area contributed by atoms with E-state index in [0.717, 1.165) is 5.56 Å². The lowest BCUT2D eigenvalue weighted by molar-refractivity contribution is -0.128. The lowest BCUT2D eigenvalue weighted by atomic mass is 10.1. The van der Waals surface area contributed by atoms with Gasteiger partial charge in [0.15, 0.2) is 11.6 Å². The van der Waals surface area contributed by atoms with Crippen LogP contribution >= 0.6 is 0 Å². The number of likely N-dealkylation sites (N-methyl/N-ethyl adjacent to an activating group) is 2. The number of nitrogens with one attached hydrogen (secondary N) is 1. The predicted molar refractivity (Wildman–Crippen MR) is 68.2 cm³/mol. The van der Waals surface area contributed by atoms with Crippen LogP contribution in [0.5, 0.6) is 5.75 Å². The van der Waals surface area contributed by atoms with Crippen LogP contribution in [0.4, 0.5) is 4.39 Å². The fraction of sp³-hybridized carbons (Fsp3) is 0.462. The molecule has 5 heteroatoms. The van der Waals surface area contributed by atoms with Crippen LogP contribution in [-0.2, 0) is 11.2 Å². The Morgan fingerprint density at radius 3 is 2.78 bits per heavy atom. The summed E-state index contributed by atoms with van der Waals surface area (Å²) < 4.78 is 18.3. The monoisotopic (exact) mass is 254 g/mol. The summed E-state index contributed by atoms with van der Waals surface area (Å²) in [7, 11) is 4.90. The van der Waals surface area contributed by atoms with Crippen molar-refractivity contribution in [2.75, 3.05) is 34.3 Å². The Balaban J connectivity index is 2.53. The van der Waals surface area contributed by atoms with Crippen LogP contribution < -0.4 is 10.1 Å². The molecule has 100 valence electrons. The Hall–Kier alpha value is -1.62. The smallest absolute Gasteiger partial charge is 0.236 e. The summed E-state index contributed by atoms with van der Waals surface area (Å²) in [4.78, 5) is 13.1. The first-order valence-corrected chi connectivity index (χ1v) is 5.79. The van der Waals surface area contributed by atoms with Crippen molar-refractivity contribution in [3.05, 3.63) is 29.6 Å². The minimum Gasteiger partial charge on any atom is -0.494 e. The second-order valence-electron chi connectivity index (χ2n) is 4.06. The van der Waals surface area contributed by atoms with Crippen molar-refractivity contribution in [1.82, 2.24) is 10.2 Å². The third kappa shape index (κ3) is 4.00. The topological polar surface area (TPSA) is 41.6 Å². The molecule has 0 bridgehead atoms. The maximum absolute atomic E-state index is 13.4. The van der Waals surface area contributed by atoms with Crippen LogP contribution in [0.25, 0.3) is 0 Å². The summed E-state index contributed by atoms with van der Waals surface area (Å²) >= 11 is 0. The van der Waals surface area contributed by atoms with Crippen LogP contribution in [-0.4, -0.2) is 45.1 Å². The van der Waals surface area contributed by atoms with E-state index in [2.05, 4.69) is 5.32 Å². The van der Waals surface area contributed by atoms with E-state index in [0.29, 0.717) is 19.5 Å². The molecule has 0 unspecified atom stereocenters. The minimum absolute atomic E-state index is 0.0199. The van der Waals surface area contributed by atoms with Crippen molar-refractivity contribution in [3.63, 3.8) is 0 Å². The Kier molecular flexibility index (Phi) is 5.58. The van der Waals surface area contributed by atoms with Crippen molar-refractivity contribution in [3.8, 4) is 5.75 Å². The zero-order valence-corrected chi connectivity index (χ0v) is 11.0. The lowest BCUT2D eigenvalue weighted by Gasteiger charge is -2.17. The average Bonchev–Trinajstić information content (AvgIpc) is 2.36. The zero-order valence-electron chi connectivity index (χ0n) is 11.0. The van der Waals surface area contributed by atoms with E-state index in [1.807, 2.05) is 0 Å². The van der Waals surface area contributed by atoms with Gasteiger partial charge in [-0.3, -0.25) is 4.79 Å². The zero-order chi connectivity index (χ0) is 13.5. The number of rotatable bonds is 6.